The monoisotopic (exact) mass is 282 g/mol. The molecule has 0 aromatic heterocycles. The number of rotatable bonds is 4. The molecule has 1 aromatic carbocycles. The Morgan fingerprint density at radius 2 is 2.11 bits per heavy atom. The highest BCUT2D eigenvalue weighted by atomic mass is 32.2. The van der Waals surface area contributed by atoms with Crippen molar-refractivity contribution in [2.75, 3.05) is 16.6 Å². The molecule has 0 fully saturated rings. The van der Waals surface area contributed by atoms with Gasteiger partial charge in [0.15, 0.2) is 0 Å². The Morgan fingerprint density at radius 1 is 1.42 bits per heavy atom. The van der Waals surface area contributed by atoms with Gasteiger partial charge in [-0.05, 0) is 24.5 Å². The summed E-state index contributed by atoms with van der Waals surface area (Å²) in [7, 11) is -3.31. The number of nitrogens with two attached hydrogens (primary N) is 1. The number of hydrogen-bond acceptors (Lipinski definition) is 3. The first kappa shape index (κ1) is 13.9. The predicted octanol–water partition coefficient (Wildman–Crippen LogP) is 1.21. The Labute approximate surface area is 113 Å². The first-order chi connectivity index (χ1) is 8.97. The first-order valence-electron chi connectivity index (χ1n) is 6.36. The maximum Gasteiger partial charge on any atom is 0.235 e. The SMILES string of the molecule is CCCS(=O)(=O)N1CCC(C(N)=O)c2ccccc21. The van der Waals surface area contributed by atoms with Crippen LogP contribution in [-0.4, -0.2) is 26.6 Å². The van der Waals surface area contributed by atoms with Crippen LogP contribution in [0.3, 0.4) is 0 Å². The van der Waals surface area contributed by atoms with Crippen molar-refractivity contribution in [2.45, 2.75) is 25.7 Å². The molecule has 1 heterocycles. The second-order valence-electron chi connectivity index (χ2n) is 4.69. The summed E-state index contributed by atoms with van der Waals surface area (Å²) in [5.74, 6) is -0.688. The number of para-hydroxylation sites is 1. The number of carbonyl (C=O) groups is 1. The fraction of sp³-hybridized carbons (Fsp3) is 0.462. The van der Waals surface area contributed by atoms with E-state index < -0.39 is 21.8 Å². The predicted molar refractivity (Wildman–Crippen MR) is 74.4 cm³/mol. The van der Waals surface area contributed by atoms with Crippen LogP contribution in [0.25, 0.3) is 0 Å². The van der Waals surface area contributed by atoms with Gasteiger partial charge in [-0.3, -0.25) is 9.10 Å². The van der Waals surface area contributed by atoms with E-state index in [2.05, 4.69) is 0 Å². The summed E-state index contributed by atoms with van der Waals surface area (Å²) >= 11 is 0. The van der Waals surface area contributed by atoms with Gasteiger partial charge in [-0.25, -0.2) is 8.42 Å². The quantitative estimate of drug-likeness (QED) is 0.901. The summed E-state index contributed by atoms with van der Waals surface area (Å²) in [6.07, 6.45) is 1.01. The van der Waals surface area contributed by atoms with Gasteiger partial charge >= 0.3 is 0 Å². The number of nitrogens with zero attached hydrogens (tertiary/aromatic N) is 1. The summed E-state index contributed by atoms with van der Waals surface area (Å²) < 4.78 is 25.9. The first-order valence-corrected chi connectivity index (χ1v) is 7.97. The smallest absolute Gasteiger partial charge is 0.235 e. The van der Waals surface area contributed by atoms with E-state index in [4.69, 9.17) is 5.73 Å². The number of hydrogen-bond donors (Lipinski definition) is 1. The Hall–Kier alpha value is -1.56. The molecule has 19 heavy (non-hydrogen) atoms. The van der Waals surface area contributed by atoms with E-state index in [9.17, 15) is 13.2 Å². The normalized spacial score (nSPS) is 19.0. The van der Waals surface area contributed by atoms with Crippen LogP contribution < -0.4 is 10.0 Å². The van der Waals surface area contributed by atoms with E-state index in [1.54, 1.807) is 24.3 Å². The highest BCUT2D eigenvalue weighted by Gasteiger charge is 2.33. The van der Waals surface area contributed by atoms with Gasteiger partial charge in [0, 0.05) is 6.54 Å². The lowest BCUT2D eigenvalue weighted by molar-refractivity contribution is -0.119. The zero-order valence-corrected chi connectivity index (χ0v) is 11.7. The topological polar surface area (TPSA) is 80.5 Å². The Kier molecular flexibility index (Phi) is 3.80. The summed E-state index contributed by atoms with van der Waals surface area (Å²) in [6.45, 7) is 2.15. The lowest BCUT2D eigenvalue weighted by Gasteiger charge is -2.33. The molecule has 0 saturated carbocycles. The van der Waals surface area contributed by atoms with Crippen molar-refractivity contribution in [3.05, 3.63) is 29.8 Å². The number of anilines is 1. The summed E-state index contributed by atoms with van der Waals surface area (Å²) in [5.41, 5.74) is 6.69. The maximum atomic E-state index is 12.2. The van der Waals surface area contributed by atoms with Gasteiger partial charge in [-0.2, -0.15) is 0 Å². The Bertz CT molecular complexity index is 583. The molecule has 1 unspecified atom stereocenters. The Balaban J connectivity index is 2.47. The van der Waals surface area contributed by atoms with Gasteiger partial charge in [-0.1, -0.05) is 25.1 Å². The van der Waals surface area contributed by atoms with Crippen molar-refractivity contribution in [1.29, 1.82) is 0 Å². The van der Waals surface area contributed by atoms with Gasteiger partial charge in [-0.15, -0.1) is 0 Å². The molecule has 1 aliphatic heterocycles. The zero-order chi connectivity index (χ0) is 14.0. The van der Waals surface area contributed by atoms with Gasteiger partial charge < -0.3 is 5.73 Å². The molecule has 1 amide bonds. The van der Waals surface area contributed by atoms with Crippen molar-refractivity contribution in [3.8, 4) is 0 Å². The van der Waals surface area contributed by atoms with Crippen LogP contribution in [0, 0.1) is 0 Å². The standard InChI is InChI=1S/C13H18N2O3S/c1-2-9-19(17,18)15-8-7-11(13(14)16)10-5-3-4-6-12(10)15/h3-6,11H,2,7-9H2,1H3,(H2,14,16). The minimum atomic E-state index is -3.31. The fourth-order valence-corrected chi connectivity index (χ4v) is 4.07. The number of benzene rings is 1. The van der Waals surface area contributed by atoms with Crippen LogP contribution >= 0.6 is 0 Å². The number of amides is 1. The molecule has 0 radical (unpaired) electrons. The van der Waals surface area contributed by atoms with Crippen molar-refractivity contribution in [1.82, 2.24) is 0 Å². The van der Waals surface area contributed by atoms with Gasteiger partial charge in [0.2, 0.25) is 15.9 Å². The van der Waals surface area contributed by atoms with Crippen LogP contribution in [0.5, 0.6) is 0 Å². The minimum Gasteiger partial charge on any atom is -0.369 e. The molecule has 1 atom stereocenters. The van der Waals surface area contributed by atoms with Gasteiger partial charge in [0.1, 0.15) is 0 Å². The summed E-state index contributed by atoms with van der Waals surface area (Å²) in [4.78, 5) is 11.5. The van der Waals surface area contributed by atoms with Crippen molar-refractivity contribution >= 4 is 21.6 Å². The minimum absolute atomic E-state index is 0.114. The van der Waals surface area contributed by atoms with E-state index in [0.717, 1.165) is 0 Å². The second-order valence-corrected chi connectivity index (χ2v) is 6.70. The lowest BCUT2D eigenvalue weighted by atomic mass is 9.90. The van der Waals surface area contributed by atoms with Crippen LogP contribution in [-0.2, 0) is 14.8 Å². The fourth-order valence-electron chi connectivity index (χ4n) is 2.48. The highest BCUT2D eigenvalue weighted by molar-refractivity contribution is 7.92. The van der Waals surface area contributed by atoms with Crippen molar-refractivity contribution in [2.24, 2.45) is 5.73 Å². The molecular formula is C13H18N2O3S. The molecule has 5 nitrogen and oxygen atoms in total. The van der Waals surface area contributed by atoms with Crippen molar-refractivity contribution in [3.63, 3.8) is 0 Å². The largest absolute Gasteiger partial charge is 0.369 e. The maximum absolute atomic E-state index is 12.2. The molecule has 0 spiro atoms. The van der Waals surface area contributed by atoms with E-state index in [1.165, 1.54) is 4.31 Å². The molecule has 0 saturated heterocycles. The molecule has 0 aliphatic carbocycles. The van der Waals surface area contributed by atoms with Gasteiger partial charge in [0.05, 0.1) is 17.4 Å². The average molecular weight is 282 g/mol. The van der Waals surface area contributed by atoms with Crippen LogP contribution in [0.4, 0.5) is 5.69 Å². The van der Waals surface area contributed by atoms with Crippen molar-refractivity contribution < 1.29 is 13.2 Å². The summed E-state index contributed by atoms with van der Waals surface area (Å²) in [5, 5.41) is 0. The molecular weight excluding hydrogens is 264 g/mol. The number of carbonyl (C=O) groups excluding carboxylic acids is 1. The zero-order valence-electron chi connectivity index (χ0n) is 10.9. The Morgan fingerprint density at radius 3 is 2.74 bits per heavy atom. The van der Waals surface area contributed by atoms with Crippen LogP contribution in [0.2, 0.25) is 0 Å². The summed E-state index contributed by atoms with van der Waals surface area (Å²) in [6, 6.07) is 7.08. The average Bonchev–Trinajstić information content (AvgIpc) is 2.37. The van der Waals surface area contributed by atoms with Gasteiger partial charge in [0.25, 0.3) is 0 Å². The molecule has 0 bridgehead atoms. The third kappa shape index (κ3) is 2.58. The third-order valence-corrected chi connectivity index (χ3v) is 5.32. The van der Waals surface area contributed by atoms with Crippen LogP contribution in [0.1, 0.15) is 31.2 Å². The molecule has 1 aromatic rings. The third-order valence-electron chi connectivity index (χ3n) is 3.34. The van der Waals surface area contributed by atoms with E-state index in [-0.39, 0.29) is 5.75 Å². The van der Waals surface area contributed by atoms with E-state index in [0.29, 0.717) is 30.6 Å². The second kappa shape index (κ2) is 5.21. The molecule has 104 valence electrons. The molecule has 2 N–H and O–H groups in total. The van der Waals surface area contributed by atoms with E-state index in [1.807, 2.05) is 6.92 Å². The lowest BCUT2D eigenvalue weighted by Crippen LogP contribution is -2.40. The number of sulfonamides is 1. The highest BCUT2D eigenvalue weighted by Crippen LogP contribution is 2.36. The molecule has 6 heteroatoms. The number of fused-ring (bicyclic) bond motifs is 1. The van der Waals surface area contributed by atoms with E-state index >= 15 is 0 Å². The van der Waals surface area contributed by atoms with Crippen LogP contribution in [0.15, 0.2) is 24.3 Å². The molecule has 2 rings (SSSR count). The molecule has 1 aliphatic rings. The number of primary amides is 1.